The molecule has 0 aromatic heterocycles. The molecule has 0 N–H and O–H groups in total. The molecule has 1 rings (SSSR count). The van der Waals surface area contributed by atoms with Crippen LogP contribution in [-0.2, 0) is 0 Å². The summed E-state index contributed by atoms with van der Waals surface area (Å²) in [5, 5.41) is 8.46. The molecule has 2 heteroatoms. The number of nitriles is 1. The monoisotopic (exact) mass is 111 g/mol. The van der Waals surface area contributed by atoms with E-state index >= 15 is 0 Å². The van der Waals surface area contributed by atoms with E-state index < -0.39 is 0 Å². The number of likely N-dealkylation sites (tertiary alicyclic amines) is 1. The lowest BCUT2D eigenvalue weighted by molar-refractivity contribution is -0.946. The summed E-state index contributed by atoms with van der Waals surface area (Å²) in [5.41, 5.74) is 0. The van der Waals surface area contributed by atoms with Crippen LogP contribution in [0, 0.1) is 11.3 Å². The fourth-order valence-electron chi connectivity index (χ4n) is 0.995. The van der Waals surface area contributed by atoms with Crippen LogP contribution in [-0.4, -0.2) is 31.2 Å². The normalized spacial score (nSPS) is 32.9. The van der Waals surface area contributed by atoms with E-state index in [0.29, 0.717) is 0 Å². The van der Waals surface area contributed by atoms with Crippen molar-refractivity contribution in [3.63, 3.8) is 0 Å². The van der Waals surface area contributed by atoms with Crippen molar-refractivity contribution in [2.24, 2.45) is 0 Å². The van der Waals surface area contributed by atoms with Crippen LogP contribution in [0.1, 0.15) is 6.42 Å². The van der Waals surface area contributed by atoms with Gasteiger partial charge in [-0.25, -0.2) is 0 Å². The van der Waals surface area contributed by atoms with Gasteiger partial charge in [0.2, 0.25) is 0 Å². The smallest absolute Gasteiger partial charge is 0.181 e. The SMILES string of the molecule is C[N+]1(C)CCC1C#N. The average molecular weight is 111 g/mol. The first-order chi connectivity index (χ1) is 3.67. The van der Waals surface area contributed by atoms with Crippen molar-refractivity contribution in [2.45, 2.75) is 12.5 Å². The lowest BCUT2D eigenvalue weighted by atomic mass is 10.0. The molecule has 0 amide bonds. The second kappa shape index (κ2) is 1.46. The van der Waals surface area contributed by atoms with E-state index in [-0.39, 0.29) is 6.04 Å². The fourth-order valence-corrected chi connectivity index (χ4v) is 0.995. The Balaban J connectivity index is 2.53. The van der Waals surface area contributed by atoms with Crippen molar-refractivity contribution in [3.05, 3.63) is 0 Å². The maximum Gasteiger partial charge on any atom is 0.181 e. The summed E-state index contributed by atoms with van der Waals surface area (Å²) < 4.78 is 0.899. The quantitative estimate of drug-likeness (QED) is 0.414. The van der Waals surface area contributed by atoms with Gasteiger partial charge in [0.05, 0.1) is 27.1 Å². The van der Waals surface area contributed by atoms with Gasteiger partial charge in [-0.3, -0.25) is 0 Å². The number of quaternary nitrogens is 1. The van der Waals surface area contributed by atoms with Crippen LogP contribution in [0.5, 0.6) is 0 Å². The Bertz CT molecular complexity index is 132. The molecule has 0 aromatic rings. The zero-order valence-electron chi connectivity index (χ0n) is 5.39. The molecule has 1 aliphatic heterocycles. The summed E-state index contributed by atoms with van der Waals surface area (Å²) in [6.07, 6.45) is 1.09. The minimum atomic E-state index is 0.273. The number of nitrogens with zero attached hydrogens (tertiary/aromatic N) is 2. The third-order valence-corrected chi connectivity index (χ3v) is 1.97. The zero-order valence-corrected chi connectivity index (χ0v) is 5.39. The Kier molecular flexibility index (Phi) is 1.02. The van der Waals surface area contributed by atoms with Gasteiger partial charge in [-0.05, 0) is 0 Å². The summed E-state index contributed by atoms with van der Waals surface area (Å²) in [6.45, 7) is 1.16. The van der Waals surface area contributed by atoms with Gasteiger partial charge in [0.25, 0.3) is 0 Å². The first kappa shape index (κ1) is 5.58. The van der Waals surface area contributed by atoms with E-state index in [1.54, 1.807) is 0 Å². The maximum atomic E-state index is 8.46. The molecular weight excluding hydrogens is 100 g/mol. The van der Waals surface area contributed by atoms with E-state index in [1.807, 2.05) is 0 Å². The van der Waals surface area contributed by atoms with Gasteiger partial charge in [0, 0.05) is 0 Å². The van der Waals surface area contributed by atoms with Crippen LogP contribution in [0.3, 0.4) is 0 Å². The van der Waals surface area contributed by atoms with Gasteiger partial charge >= 0.3 is 0 Å². The van der Waals surface area contributed by atoms with Crippen LogP contribution in [0.25, 0.3) is 0 Å². The zero-order chi connectivity index (χ0) is 6.20. The van der Waals surface area contributed by atoms with Crippen molar-refractivity contribution in [1.82, 2.24) is 0 Å². The lowest BCUT2D eigenvalue weighted by Crippen LogP contribution is -2.58. The van der Waals surface area contributed by atoms with Gasteiger partial charge in [0.1, 0.15) is 6.07 Å². The molecular formula is C6H11N2+. The van der Waals surface area contributed by atoms with Crippen LogP contribution < -0.4 is 0 Å². The van der Waals surface area contributed by atoms with Crippen LogP contribution in [0.15, 0.2) is 0 Å². The van der Waals surface area contributed by atoms with E-state index in [2.05, 4.69) is 20.2 Å². The Hall–Kier alpha value is -0.550. The summed E-state index contributed by atoms with van der Waals surface area (Å²) >= 11 is 0. The second-order valence-electron chi connectivity index (χ2n) is 2.94. The summed E-state index contributed by atoms with van der Waals surface area (Å²) in [6, 6.07) is 2.54. The average Bonchev–Trinajstić information content (AvgIpc) is 1.66. The minimum Gasteiger partial charge on any atom is -0.314 e. The van der Waals surface area contributed by atoms with Crippen molar-refractivity contribution >= 4 is 0 Å². The molecule has 8 heavy (non-hydrogen) atoms. The molecule has 1 unspecified atom stereocenters. The highest BCUT2D eigenvalue weighted by molar-refractivity contribution is 4.88. The van der Waals surface area contributed by atoms with Crippen LogP contribution in [0.4, 0.5) is 0 Å². The van der Waals surface area contributed by atoms with Gasteiger partial charge in [-0.15, -0.1) is 0 Å². The van der Waals surface area contributed by atoms with E-state index in [0.717, 1.165) is 17.4 Å². The molecule has 0 spiro atoms. The first-order valence-corrected chi connectivity index (χ1v) is 2.89. The predicted octanol–water partition coefficient (Wildman–Crippen LogP) is 0.359. The molecule has 0 aromatic carbocycles. The Morgan fingerprint density at radius 1 is 1.62 bits per heavy atom. The predicted molar refractivity (Wildman–Crippen MR) is 31.0 cm³/mol. The summed E-state index contributed by atoms with van der Waals surface area (Å²) in [7, 11) is 4.19. The maximum absolute atomic E-state index is 8.46. The van der Waals surface area contributed by atoms with Gasteiger partial charge in [-0.2, -0.15) is 5.26 Å². The lowest BCUT2D eigenvalue weighted by Gasteiger charge is -2.42. The number of hydrogen-bond acceptors (Lipinski definition) is 1. The molecule has 1 fully saturated rings. The Morgan fingerprint density at radius 2 is 2.25 bits per heavy atom. The third-order valence-electron chi connectivity index (χ3n) is 1.97. The van der Waals surface area contributed by atoms with Crippen molar-refractivity contribution in [3.8, 4) is 6.07 Å². The molecule has 1 atom stereocenters. The van der Waals surface area contributed by atoms with Gasteiger partial charge in [-0.1, -0.05) is 0 Å². The number of rotatable bonds is 0. The Morgan fingerprint density at radius 3 is 2.25 bits per heavy atom. The van der Waals surface area contributed by atoms with Crippen molar-refractivity contribution in [1.29, 1.82) is 5.26 Å². The second-order valence-corrected chi connectivity index (χ2v) is 2.94. The summed E-state index contributed by atoms with van der Waals surface area (Å²) in [5.74, 6) is 0. The minimum absolute atomic E-state index is 0.273. The highest BCUT2D eigenvalue weighted by Gasteiger charge is 2.38. The first-order valence-electron chi connectivity index (χ1n) is 2.89. The van der Waals surface area contributed by atoms with Gasteiger partial charge < -0.3 is 4.48 Å². The molecule has 44 valence electrons. The standard InChI is InChI=1S/C6H11N2/c1-8(2)4-3-6(8)5-7/h6H,3-4H2,1-2H3/q+1. The molecule has 0 radical (unpaired) electrons. The number of hydrogen-bond donors (Lipinski definition) is 0. The molecule has 1 aliphatic rings. The molecule has 1 saturated heterocycles. The van der Waals surface area contributed by atoms with E-state index in [4.69, 9.17) is 5.26 Å². The van der Waals surface area contributed by atoms with Gasteiger partial charge in [0.15, 0.2) is 6.04 Å². The third kappa shape index (κ3) is 0.597. The van der Waals surface area contributed by atoms with Crippen molar-refractivity contribution < 1.29 is 4.48 Å². The molecule has 0 saturated carbocycles. The summed E-state index contributed by atoms with van der Waals surface area (Å²) in [4.78, 5) is 0. The van der Waals surface area contributed by atoms with Crippen molar-refractivity contribution in [2.75, 3.05) is 20.6 Å². The molecule has 0 aliphatic carbocycles. The highest BCUT2D eigenvalue weighted by Crippen LogP contribution is 2.21. The topological polar surface area (TPSA) is 23.8 Å². The fraction of sp³-hybridized carbons (Fsp3) is 0.833. The highest BCUT2D eigenvalue weighted by atomic mass is 15.4. The Labute approximate surface area is 49.9 Å². The van der Waals surface area contributed by atoms with E-state index in [1.165, 1.54) is 0 Å². The van der Waals surface area contributed by atoms with E-state index in [9.17, 15) is 0 Å². The molecule has 0 bridgehead atoms. The van der Waals surface area contributed by atoms with Crippen LogP contribution in [0.2, 0.25) is 0 Å². The van der Waals surface area contributed by atoms with Crippen LogP contribution >= 0.6 is 0 Å². The molecule has 1 heterocycles. The largest absolute Gasteiger partial charge is 0.314 e. The molecule has 2 nitrogen and oxygen atoms in total.